The third-order valence-corrected chi connectivity index (χ3v) is 5.35. The molecule has 8 heteroatoms. The second-order valence-corrected chi connectivity index (χ2v) is 7.77. The third-order valence-electron chi connectivity index (χ3n) is 3.48. The van der Waals surface area contributed by atoms with Gasteiger partial charge < -0.3 is 9.64 Å². The van der Waals surface area contributed by atoms with Crippen molar-refractivity contribution >= 4 is 27.3 Å². The molecule has 0 saturated heterocycles. The van der Waals surface area contributed by atoms with Crippen LogP contribution in [0.5, 0.6) is 0 Å². The predicted molar refractivity (Wildman–Crippen MR) is 95.0 cm³/mol. The molecule has 0 aliphatic heterocycles. The lowest BCUT2D eigenvalue weighted by atomic mass is 10.3. The number of nitrogens with zero attached hydrogens (tertiary/aromatic N) is 2. The molecule has 134 valence electrons. The first-order chi connectivity index (χ1) is 11.9. The molecule has 25 heavy (non-hydrogen) atoms. The van der Waals surface area contributed by atoms with Crippen LogP contribution in [0.25, 0.3) is 0 Å². The van der Waals surface area contributed by atoms with Crippen molar-refractivity contribution in [1.29, 1.82) is 0 Å². The Bertz CT molecular complexity index is 795. The highest BCUT2D eigenvalue weighted by atomic mass is 35.5. The minimum atomic E-state index is -3.75. The fourth-order valence-electron chi connectivity index (χ4n) is 2.16. The number of methoxy groups -OCH3 is 1. The van der Waals surface area contributed by atoms with E-state index in [0.29, 0.717) is 17.3 Å². The Labute approximate surface area is 152 Å². The smallest absolute Gasteiger partial charge is 0.238 e. The zero-order valence-electron chi connectivity index (χ0n) is 13.8. The average molecular weight is 383 g/mol. The van der Waals surface area contributed by atoms with Gasteiger partial charge in [0, 0.05) is 24.9 Å². The minimum absolute atomic E-state index is 0.0646. The number of carbonyl (C=O) groups excluding carboxylic acids is 1. The number of amides is 1. The third kappa shape index (κ3) is 5.81. The summed E-state index contributed by atoms with van der Waals surface area (Å²) in [7, 11) is -2.23. The predicted octanol–water partition coefficient (Wildman–Crippen LogP) is 2.18. The molecular formula is C17H19ClN2O4S. The minimum Gasteiger partial charge on any atom is -0.383 e. The first-order valence-electron chi connectivity index (χ1n) is 7.57. The lowest BCUT2D eigenvalue weighted by molar-refractivity contribution is -0.129. The monoisotopic (exact) mass is 382 g/mol. The summed E-state index contributed by atoms with van der Waals surface area (Å²) >= 11 is 5.77. The van der Waals surface area contributed by atoms with Crippen molar-refractivity contribution in [3.63, 3.8) is 0 Å². The summed E-state index contributed by atoms with van der Waals surface area (Å²) in [5.74, 6) is -1.12. The topological polar surface area (TPSA) is 76.6 Å². The molecule has 0 fully saturated rings. The van der Waals surface area contributed by atoms with Gasteiger partial charge in [-0.25, -0.2) is 8.42 Å². The molecule has 1 aromatic carbocycles. The van der Waals surface area contributed by atoms with Crippen molar-refractivity contribution in [1.82, 2.24) is 9.88 Å². The maximum Gasteiger partial charge on any atom is 0.238 e. The molecule has 0 radical (unpaired) electrons. The zero-order chi connectivity index (χ0) is 18.3. The van der Waals surface area contributed by atoms with Crippen molar-refractivity contribution in [3.8, 4) is 0 Å². The molecule has 0 spiro atoms. The van der Waals surface area contributed by atoms with E-state index in [1.807, 2.05) is 6.07 Å². The van der Waals surface area contributed by atoms with E-state index in [2.05, 4.69) is 4.98 Å². The molecule has 1 aromatic heterocycles. The number of pyridine rings is 1. The zero-order valence-corrected chi connectivity index (χ0v) is 15.3. The Morgan fingerprint density at radius 2 is 1.92 bits per heavy atom. The first kappa shape index (κ1) is 19.4. The highest BCUT2D eigenvalue weighted by molar-refractivity contribution is 7.92. The normalized spacial score (nSPS) is 11.3. The summed E-state index contributed by atoms with van der Waals surface area (Å²) in [4.78, 5) is 18.2. The lowest BCUT2D eigenvalue weighted by Crippen LogP contribution is -2.37. The van der Waals surface area contributed by atoms with Gasteiger partial charge in [0.2, 0.25) is 5.91 Å². The molecule has 0 aliphatic rings. The number of hydrogen-bond acceptors (Lipinski definition) is 5. The van der Waals surface area contributed by atoms with Crippen molar-refractivity contribution in [2.75, 3.05) is 26.0 Å². The van der Waals surface area contributed by atoms with Crippen LogP contribution in [-0.4, -0.2) is 50.2 Å². The quantitative estimate of drug-likeness (QED) is 0.699. The Kier molecular flexibility index (Phi) is 6.92. The molecule has 0 unspecified atom stereocenters. The van der Waals surface area contributed by atoms with E-state index < -0.39 is 21.5 Å². The molecule has 0 bridgehead atoms. The number of ether oxygens (including phenoxy) is 1. The van der Waals surface area contributed by atoms with Crippen molar-refractivity contribution in [3.05, 3.63) is 59.4 Å². The molecule has 2 rings (SSSR count). The van der Waals surface area contributed by atoms with E-state index in [4.69, 9.17) is 16.3 Å². The fraction of sp³-hybridized carbons (Fsp3) is 0.294. The highest BCUT2D eigenvalue weighted by Crippen LogP contribution is 2.16. The van der Waals surface area contributed by atoms with Crippen molar-refractivity contribution < 1.29 is 17.9 Å². The van der Waals surface area contributed by atoms with Crippen LogP contribution in [0.15, 0.2) is 53.6 Å². The van der Waals surface area contributed by atoms with Crippen LogP contribution in [0.1, 0.15) is 5.69 Å². The molecule has 2 aromatic rings. The maximum absolute atomic E-state index is 12.5. The van der Waals surface area contributed by atoms with Crippen LogP contribution in [0.3, 0.4) is 0 Å². The van der Waals surface area contributed by atoms with E-state index >= 15 is 0 Å². The molecule has 6 nitrogen and oxygen atoms in total. The van der Waals surface area contributed by atoms with Gasteiger partial charge in [-0.3, -0.25) is 9.78 Å². The number of halogens is 1. The van der Waals surface area contributed by atoms with Gasteiger partial charge in [-0.2, -0.15) is 0 Å². The average Bonchev–Trinajstić information content (AvgIpc) is 2.59. The van der Waals surface area contributed by atoms with Crippen LogP contribution < -0.4 is 0 Å². The summed E-state index contributed by atoms with van der Waals surface area (Å²) in [5.41, 5.74) is 0.677. The molecule has 0 aliphatic carbocycles. The van der Waals surface area contributed by atoms with Crippen LogP contribution in [0.2, 0.25) is 5.02 Å². The van der Waals surface area contributed by atoms with Crippen molar-refractivity contribution in [2.24, 2.45) is 0 Å². The Morgan fingerprint density at radius 3 is 2.52 bits per heavy atom. The van der Waals surface area contributed by atoms with Gasteiger partial charge in [-0.1, -0.05) is 17.7 Å². The summed E-state index contributed by atoms with van der Waals surface area (Å²) in [6.07, 6.45) is 1.62. The highest BCUT2D eigenvalue weighted by Gasteiger charge is 2.24. The van der Waals surface area contributed by atoms with E-state index in [9.17, 15) is 13.2 Å². The van der Waals surface area contributed by atoms with Crippen LogP contribution in [-0.2, 0) is 25.9 Å². The maximum atomic E-state index is 12.5. The van der Waals surface area contributed by atoms with Gasteiger partial charge in [0.05, 0.1) is 23.7 Å². The van der Waals surface area contributed by atoms with E-state index in [1.165, 1.54) is 36.3 Å². The Hall–Kier alpha value is -1.96. The number of aromatic nitrogens is 1. The second-order valence-electron chi connectivity index (χ2n) is 5.34. The number of benzene rings is 1. The van der Waals surface area contributed by atoms with Crippen LogP contribution >= 0.6 is 11.6 Å². The van der Waals surface area contributed by atoms with Crippen LogP contribution in [0.4, 0.5) is 0 Å². The van der Waals surface area contributed by atoms with E-state index in [1.54, 1.807) is 18.3 Å². The lowest BCUT2D eigenvalue weighted by Gasteiger charge is -2.22. The van der Waals surface area contributed by atoms with Gasteiger partial charge in [0.25, 0.3) is 0 Å². The summed E-state index contributed by atoms with van der Waals surface area (Å²) < 4.78 is 29.9. The van der Waals surface area contributed by atoms with Gasteiger partial charge in [-0.15, -0.1) is 0 Å². The Balaban J connectivity index is 2.13. The van der Waals surface area contributed by atoms with Gasteiger partial charge in [0.1, 0.15) is 5.75 Å². The van der Waals surface area contributed by atoms with Gasteiger partial charge in [-0.05, 0) is 36.4 Å². The Morgan fingerprint density at radius 1 is 1.20 bits per heavy atom. The number of hydrogen-bond donors (Lipinski definition) is 0. The summed E-state index contributed by atoms with van der Waals surface area (Å²) in [5, 5.41) is 0.433. The number of sulfone groups is 1. The molecule has 1 heterocycles. The number of rotatable bonds is 8. The number of carbonyl (C=O) groups is 1. The summed E-state index contributed by atoms with van der Waals surface area (Å²) in [6.45, 7) is 0.806. The molecule has 0 atom stereocenters. The van der Waals surface area contributed by atoms with Gasteiger partial charge in [0.15, 0.2) is 9.84 Å². The standard InChI is InChI=1S/C17H19ClN2O4S/c1-24-11-10-20(12-15-4-2-3-9-19-15)17(21)13-25(22,23)16-7-5-14(18)6-8-16/h2-9H,10-13H2,1H3. The van der Waals surface area contributed by atoms with E-state index in [0.717, 1.165) is 0 Å². The molecule has 0 saturated carbocycles. The first-order valence-corrected chi connectivity index (χ1v) is 9.60. The second kappa shape index (κ2) is 8.94. The van der Waals surface area contributed by atoms with Crippen LogP contribution in [0, 0.1) is 0 Å². The van der Waals surface area contributed by atoms with Crippen molar-refractivity contribution in [2.45, 2.75) is 11.4 Å². The molecule has 1 amide bonds. The van der Waals surface area contributed by atoms with E-state index in [-0.39, 0.29) is 18.0 Å². The SMILES string of the molecule is COCCN(Cc1ccccn1)C(=O)CS(=O)(=O)c1ccc(Cl)cc1. The molecular weight excluding hydrogens is 364 g/mol. The molecule has 0 N–H and O–H groups in total. The summed E-state index contributed by atoms with van der Waals surface area (Å²) in [6, 6.07) is 11.1. The van der Waals surface area contributed by atoms with Gasteiger partial charge >= 0.3 is 0 Å². The fourth-order valence-corrected chi connectivity index (χ4v) is 3.51. The largest absolute Gasteiger partial charge is 0.383 e.